The zero-order valence-electron chi connectivity index (χ0n) is 22.7. The summed E-state index contributed by atoms with van der Waals surface area (Å²) in [5.41, 5.74) is -6.89. The maximum atomic E-state index is 15.3. The van der Waals surface area contributed by atoms with Crippen molar-refractivity contribution in [2.24, 2.45) is 0 Å². The van der Waals surface area contributed by atoms with Gasteiger partial charge in [-0.2, -0.15) is 110 Å². The molecular weight excluding hydrogens is 794 g/mol. The van der Waals surface area contributed by atoms with Gasteiger partial charge in [0.2, 0.25) is 0 Å². The highest BCUT2D eigenvalue weighted by atomic mass is 31.1. The highest BCUT2D eigenvalue weighted by molar-refractivity contribution is 7.74. The first-order chi connectivity index (χ1) is 21.8. The summed E-state index contributed by atoms with van der Waals surface area (Å²) in [6, 6.07) is 6.44. The second-order valence-electron chi connectivity index (χ2n) is 9.79. The normalized spacial score (nSPS) is 15.9. The summed E-state index contributed by atoms with van der Waals surface area (Å²) in [5.74, 6) is -91.7. The lowest BCUT2D eigenvalue weighted by atomic mass is 9.85. The van der Waals surface area contributed by atoms with Crippen molar-refractivity contribution in [3.8, 4) is 0 Å². The molecule has 0 saturated heterocycles. The van der Waals surface area contributed by atoms with Crippen LogP contribution in [0.1, 0.15) is 0 Å². The molecule has 26 heteroatoms. The van der Waals surface area contributed by atoms with Crippen LogP contribution in [-0.4, -0.2) is 71.1 Å². The van der Waals surface area contributed by atoms with E-state index in [9.17, 15) is 101 Å². The molecule has 0 spiro atoms. The van der Waals surface area contributed by atoms with Gasteiger partial charge in [0.25, 0.3) is 0 Å². The first-order valence-electron chi connectivity index (χ1n) is 12.0. The van der Waals surface area contributed by atoms with Gasteiger partial charge in [-0.1, -0.05) is 60.7 Å². The second-order valence-corrected chi connectivity index (χ2v) is 12.1. The number of halogens is 25. The fourth-order valence-electron chi connectivity index (χ4n) is 3.71. The van der Waals surface area contributed by atoms with Crippen LogP contribution in [0.25, 0.3) is 0 Å². The average Bonchev–Trinajstić information content (AvgIpc) is 2.96. The van der Waals surface area contributed by atoms with Gasteiger partial charge < -0.3 is 0 Å². The summed E-state index contributed by atoms with van der Waals surface area (Å²) in [4.78, 5) is 0. The third kappa shape index (κ3) is 5.52. The molecule has 0 fully saturated rings. The fourth-order valence-corrected chi connectivity index (χ4v) is 6.02. The minimum atomic E-state index is -9.61. The molecule has 0 aliphatic heterocycles. The molecule has 0 heterocycles. The maximum Gasteiger partial charge on any atom is 0.460 e. The predicted molar refractivity (Wildman–Crippen MR) is 120 cm³/mol. The van der Waals surface area contributed by atoms with Gasteiger partial charge in [-0.25, -0.2) is 0 Å². The lowest BCUT2D eigenvalue weighted by Crippen LogP contribution is -2.78. The molecule has 0 amide bonds. The minimum Gasteiger partial charge on any atom is -0.194 e. The summed E-state index contributed by atoms with van der Waals surface area (Å²) >= 11 is 0. The maximum absolute atomic E-state index is 15.3. The van der Waals surface area contributed by atoms with Gasteiger partial charge >= 0.3 is 71.1 Å². The molecule has 0 radical (unpaired) electrons. The molecule has 2 rings (SSSR count). The molecule has 0 bridgehead atoms. The van der Waals surface area contributed by atoms with E-state index < -0.39 is 89.6 Å². The Bertz CT molecular complexity index is 1440. The van der Waals surface area contributed by atoms with E-state index in [1.807, 2.05) is 0 Å². The van der Waals surface area contributed by atoms with Crippen LogP contribution in [0.3, 0.4) is 0 Å². The zero-order chi connectivity index (χ0) is 39.8. The minimum absolute atomic E-state index is 0.419. The van der Waals surface area contributed by atoms with E-state index in [4.69, 9.17) is 0 Å². The molecule has 0 unspecified atom stereocenters. The fraction of sp³-hybridized carbons (Fsp3) is 0.500. The van der Waals surface area contributed by atoms with E-state index in [-0.39, 0.29) is 0 Å². The van der Waals surface area contributed by atoms with Crippen molar-refractivity contribution < 1.29 is 110 Å². The summed E-state index contributed by atoms with van der Waals surface area (Å²) in [5, 5.41) is -2.39. The number of rotatable bonds is 13. The van der Waals surface area contributed by atoms with E-state index in [0.717, 1.165) is 36.4 Å². The van der Waals surface area contributed by atoms with Crippen LogP contribution in [0.15, 0.2) is 60.7 Å². The zero-order valence-corrected chi connectivity index (χ0v) is 23.6. The summed E-state index contributed by atoms with van der Waals surface area (Å²) in [6.45, 7) is 0. The van der Waals surface area contributed by atoms with E-state index in [2.05, 4.69) is 0 Å². The number of hydrogen-bond acceptors (Lipinski definition) is 0. The van der Waals surface area contributed by atoms with Gasteiger partial charge in [-0.05, 0) is 10.6 Å². The molecular formula is C24H10F25P. The van der Waals surface area contributed by atoms with Crippen molar-refractivity contribution in [2.45, 2.75) is 71.1 Å². The Morgan fingerprint density at radius 1 is 0.260 bits per heavy atom. The third-order valence-corrected chi connectivity index (χ3v) is 9.06. The van der Waals surface area contributed by atoms with Crippen LogP contribution >= 0.6 is 7.92 Å². The Kier molecular flexibility index (Phi) is 10.5. The van der Waals surface area contributed by atoms with E-state index >= 15 is 8.78 Å². The van der Waals surface area contributed by atoms with Crippen LogP contribution in [-0.2, 0) is 0 Å². The predicted octanol–water partition coefficient (Wildman–Crippen LogP) is 10.6. The lowest BCUT2D eigenvalue weighted by Gasteiger charge is -2.46. The first kappa shape index (κ1) is 43.3. The van der Waals surface area contributed by atoms with Crippen molar-refractivity contribution >= 4 is 18.5 Å². The van der Waals surface area contributed by atoms with E-state index in [0.29, 0.717) is 24.3 Å². The summed E-state index contributed by atoms with van der Waals surface area (Å²) < 4.78 is 347. The monoisotopic (exact) mass is 804 g/mol. The topological polar surface area (TPSA) is 0 Å². The Morgan fingerprint density at radius 2 is 0.460 bits per heavy atom. The van der Waals surface area contributed by atoms with Gasteiger partial charge in [0.1, 0.15) is 0 Å². The van der Waals surface area contributed by atoms with Gasteiger partial charge in [-0.3, -0.25) is 0 Å². The van der Waals surface area contributed by atoms with Crippen molar-refractivity contribution in [1.29, 1.82) is 0 Å². The van der Waals surface area contributed by atoms with Gasteiger partial charge in [-0.15, -0.1) is 0 Å². The Hall–Kier alpha value is -2.88. The Balaban J connectivity index is 2.82. The third-order valence-electron chi connectivity index (χ3n) is 6.59. The largest absolute Gasteiger partial charge is 0.460 e. The Morgan fingerprint density at radius 3 is 0.680 bits per heavy atom. The summed E-state index contributed by atoms with van der Waals surface area (Å²) in [6.07, 6.45) is -8.18. The molecule has 2 aromatic carbocycles. The first-order valence-corrected chi connectivity index (χ1v) is 13.3. The van der Waals surface area contributed by atoms with E-state index in [1.54, 1.807) is 0 Å². The highest BCUT2D eigenvalue weighted by Gasteiger charge is 2.99. The molecule has 0 aromatic heterocycles. The Labute approximate surface area is 261 Å². The molecule has 0 atom stereocenters. The summed E-state index contributed by atoms with van der Waals surface area (Å²) in [7, 11) is -4.59. The smallest absolute Gasteiger partial charge is 0.194 e. The van der Waals surface area contributed by atoms with Gasteiger partial charge in [0, 0.05) is 7.92 Å². The van der Waals surface area contributed by atoms with Crippen molar-refractivity contribution in [3.05, 3.63) is 60.7 Å². The second kappa shape index (κ2) is 12.1. The average molecular weight is 804 g/mol. The van der Waals surface area contributed by atoms with Crippen LogP contribution in [0.4, 0.5) is 110 Å². The van der Waals surface area contributed by atoms with Crippen molar-refractivity contribution in [1.82, 2.24) is 0 Å². The van der Waals surface area contributed by atoms with Crippen LogP contribution in [0.5, 0.6) is 0 Å². The van der Waals surface area contributed by atoms with Crippen LogP contribution in [0.2, 0.25) is 0 Å². The molecule has 50 heavy (non-hydrogen) atoms. The van der Waals surface area contributed by atoms with Crippen LogP contribution < -0.4 is 10.6 Å². The molecule has 0 saturated carbocycles. The molecule has 0 N–H and O–H groups in total. The quantitative estimate of drug-likeness (QED) is 0.140. The van der Waals surface area contributed by atoms with Gasteiger partial charge in [0.15, 0.2) is 0 Å². The molecule has 0 nitrogen and oxygen atoms in total. The molecule has 2 aromatic rings. The number of alkyl halides is 25. The standard InChI is InChI=1S/C24H10F25P/c25-13(26,15(29,30)17(33,34)19(37,38)21(41,42)23(45,46)47)14(27,28)16(31,32)18(35,36)20(39,40)22(43,44)24(48,49)50(11-7-3-1-4-8-11)12-9-5-2-6-10-12/h1-10H. The number of benzene rings is 2. The van der Waals surface area contributed by atoms with Crippen molar-refractivity contribution in [3.63, 3.8) is 0 Å². The SMILES string of the molecule is FC(F)(F)C(F)(F)C(F)(F)C(F)(F)C(F)(F)C(F)(F)C(F)(F)C(F)(F)C(F)(F)C(F)(F)C(F)(F)C(F)(F)P(c1ccccc1)c1ccccc1. The van der Waals surface area contributed by atoms with E-state index in [1.165, 1.54) is 0 Å². The molecule has 286 valence electrons. The highest BCUT2D eigenvalue weighted by Crippen LogP contribution is 2.70. The molecule has 0 aliphatic carbocycles. The van der Waals surface area contributed by atoms with Crippen molar-refractivity contribution in [2.75, 3.05) is 0 Å². The molecule has 0 aliphatic rings. The van der Waals surface area contributed by atoms with Crippen LogP contribution in [0, 0.1) is 0 Å². The lowest BCUT2D eigenvalue weighted by molar-refractivity contribution is -0.480. The van der Waals surface area contributed by atoms with Gasteiger partial charge in [0.05, 0.1) is 0 Å². The number of hydrogen-bond donors (Lipinski definition) is 0.